The summed E-state index contributed by atoms with van der Waals surface area (Å²) >= 11 is 0. The van der Waals surface area contributed by atoms with Gasteiger partial charge in [-0.3, -0.25) is 10.1 Å². The third-order valence-corrected chi connectivity index (χ3v) is 2.79. The molecule has 10 nitrogen and oxygen atoms in total. The van der Waals surface area contributed by atoms with Crippen molar-refractivity contribution in [1.82, 2.24) is 9.97 Å². The number of carboxylic acids is 1. The normalized spacial score (nSPS) is 18.6. The standard InChI is InChI=1S/C10H12N4O6/c1-19-9-7(14(17)18)8(11-5-12-9)13-2-3-20-6(4-13)10(15)16/h5-6H,2-4H2,1H3,(H,15,16). The number of carbonyl (C=O) groups is 1. The maximum atomic E-state index is 11.1. The zero-order valence-electron chi connectivity index (χ0n) is 10.6. The van der Waals surface area contributed by atoms with Crippen molar-refractivity contribution in [2.24, 2.45) is 0 Å². The molecule has 1 saturated heterocycles. The summed E-state index contributed by atoms with van der Waals surface area (Å²) < 4.78 is 9.91. The molecule has 1 N–H and O–H groups in total. The molecule has 0 bridgehead atoms. The number of anilines is 1. The van der Waals surface area contributed by atoms with E-state index in [1.807, 2.05) is 0 Å². The molecule has 1 fully saturated rings. The van der Waals surface area contributed by atoms with Crippen LogP contribution < -0.4 is 9.64 Å². The first kappa shape index (κ1) is 13.9. The molecule has 1 atom stereocenters. The molecule has 0 aliphatic carbocycles. The van der Waals surface area contributed by atoms with E-state index in [9.17, 15) is 14.9 Å². The number of ether oxygens (including phenoxy) is 2. The minimum Gasteiger partial charge on any atom is -0.479 e. The van der Waals surface area contributed by atoms with Gasteiger partial charge in [0.05, 0.1) is 25.2 Å². The van der Waals surface area contributed by atoms with E-state index in [1.165, 1.54) is 12.0 Å². The second-order valence-corrected chi connectivity index (χ2v) is 3.96. The smallest absolute Gasteiger partial charge is 0.372 e. The minimum absolute atomic E-state index is 0.0244. The average molecular weight is 284 g/mol. The van der Waals surface area contributed by atoms with Gasteiger partial charge in [-0.05, 0) is 0 Å². The molecule has 1 aliphatic heterocycles. The summed E-state index contributed by atoms with van der Waals surface area (Å²) in [6.07, 6.45) is 0.0798. The van der Waals surface area contributed by atoms with Crippen LogP contribution in [0.15, 0.2) is 6.33 Å². The average Bonchev–Trinajstić information content (AvgIpc) is 2.46. The van der Waals surface area contributed by atoms with Gasteiger partial charge in [-0.15, -0.1) is 0 Å². The Hall–Kier alpha value is -2.49. The van der Waals surface area contributed by atoms with Gasteiger partial charge in [0.15, 0.2) is 6.10 Å². The number of aromatic nitrogens is 2. The van der Waals surface area contributed by atoms with Gasteiger partial charge in [-0.1, -0.05) is 0 Å². The van der Waals surface area contributed by atoms with Gasteiger partial charge in [0.25, 0.3) is 5.88 Å². The predicted molar refractivity (Wildman–Crippen MR) is 64.8 cm³/mol. The maximum absolute atomic E-state index is 11.1. The van der Waals surface area contributed by atoms with Gasteiger partial charge in [-0.25, -0.2) is 9.78 Å². The first-order valence-electron chi connectivity index (χ1n) is 5.67. The zero-order chi connectivity index (χ0) is 14.7. The molecule has 2 heterocycles. The van der Waals surface area contributed by atoms with E-state index in [1.54, 1.807) is 0 Å². The van der Waals surface area contributed by atoms with Crippen molar-refractivity contribution in [1.29, 1.82) is 0 Å². The number of nitro groups is 1. The summed E-state index contributed by atoms with van der Waals surface area (Å²) in [6, 6.07) is 0. The molecule has 0 amide bonds. The highest BCUT2D eigenvalue weighted by Gasteiger charge is 2.33. The highest BCUT2D eigenvalue weighted by atomic mass is 16.6. The first-order chi connectivity index (χ1) is 9.54. The van der Waals surface area contributed by atoms with Crippen molar-refractivity contribution in [2.45, 2.75) is 6.10 Å². The summed E-state index contributed by atoms with van der Waals surface area (Å²) in [5, 5.41) is 20.1. The number of morpholine rings is 1. The van der Waals surface area contributed by atoms with Crippen LogP contribution in [0.3, 0.4) is 0 Å². The van der Waals surface area contributed by atoms with Gasteiger partial charge in [-0.2, -0.15) is 4.98 Å². The Balaban J connectivity index is 2.37. The molecule has 0 radical (unpaired) electrons. The molecule has 10 heteroatoms. The number of hydrogen-bond acceptors (Lipinski definition) is 8. The van der Waals surface area contributed by atoms with Crippen LogP contribution in [0.2, 0.25) is 0 Å². The quantitative estimate of drug-likeness (QED) is 0.584. The Labute approximate surface area is 113 Å². The minimum atomic E-state index is -1.13. The monoisotopic (exact) mass is 284 g/mol. The second kappa shape index (κ2) is 5.65. The van der Waals surface area contributed by atoms with Crippen molar-refractivity contribution in [2.75, 3.05) is 31.7 Å². The Morgan fingerprint density at radius 2 is 2.40 bits per heavy atom. The van der Waals surface area contributed by atoms with Gasteiger partial charge >= 0.3 is 11.7 Å². The van der Waals surface area contributed by atoms with Gasteiger partial charge in [0, 0.05) is 6.54 Å². The Bertz CT molecular complexity index is 536. The van der Waals surface area contributed by atoms with Crippen LogP contribution in [0.4, 0.5) is 11.5 Å². The number of hydrogen-bond donors (Lipinski definition) is 1. The van der Waals surface area contributed by atoms with Gasteiger partial charge < -0.3 is 19.5 Å². The molecule has 0 spiro atoms. The second-order valence-electron chi connectivity index (χ2n) is 3.96. The maximum Gasteiger partial charge on any atom is 0.372 e. The van der Waals surface area contributed by atoms with E-state index in [0.29, 0.717) is 6.54 Å². The molecule has 0 saturated carbocycles. The fourth-order valence-corrected chi connectivity index (χ4v) is 1.89. The van der Waals surface area contributed by atoms with E-state index in [4.69, 9.17) is 14.6 Å². The number of aliphatic carboxylic acids is 1. The Morgan fingerprint density at radius 3 is 3.00 bits per heavy atom. The summed E-state index contributed by atoms with van der Waals surface area (Å²) in [7, 11) is 1.26. The largest absolute Gasteiger partial charge is 0.479 e. The summed E-state index contributed by atoms with van der Waals surface area (Å²) in [6.45, 7) is 0.404. The lowest BCUT2D eigenvalue weighted by atomic mass is 10.2. The lowest BCUT2D eigenvalue weighted by molar-refractivity contribution is -0.385. The summed E-state index contributed by atoms with van der Waals surface area (Å²) in [5.74, 6) is -1.27. The van der Waals surface area contributed by atoms with Crippen LogP contribution in [-0.2, 0) is 9.53 Å². The molecular weight excluding hydrogens is 272 g/mol. The number of rotatable bonds is 4. The van der Waals surface area contributed by atoms with Crippen molar-refractivity contribution in [3.63, 3.8) is 0 Å². The molecular formula is C10H12N4O6. The van der Waals surface area contributed by atoms with Crippen molar-refractivity contribution >= 4 is 17.5 Å². The van der Waals surface area contributed by atoms with E-state index in [0.717, 1.165) is 6.33 Å². The fraction of sp³-hybridized carbons (Fsp3) is 0.500. The zero-order valence-corrected chi connectivity index (χ0v) is 10.6. The van der Waals surface area contributed by atoms with Crippen LogP contribution in [0.1, 0.15) is 0 Å². The van der Waals surface area contributed by atoms with Crippen LogP contribution in [0, 0.1) is 10.1 Å². The highest BCUT2D eigenvalue weighted by Crippen LogP contribution is 2.33. The van der Waals surface area contributed by atoms with Gasteiger partial charge in [0.1, 0.15) is 6.33 Å². The predicted octanol–water partition coefficient (Wildman–Crippen LogP) is -0.317. The van der Waals surface area contributed by atoms with Crippen molar-refractivity contribution in [3.05, 3.63) is 16.4 Å². The van der Waals surface area contributed by atoms with E-state index in [2.05, 4.69) is 9.97 Å². The number of nitrogens with zero attached hydrogens (tertiary/aromatic N) is 4. The van der Waals surface area contributed by atoms with Crippen molar-refractivity contribution < 1.29 is 24.3 Å². The molecule has 1 aliphatic rings. The molecule has 20 heavy (non-hydrogen) atoms. The number of carboxylic acid groups (broad SMARTS) is 1. The fourth-order valence-electron chi connectivity index (χ4n) is 1.89. The summed E-state index contributed by atoms with van der Waals surface area (Å²) in [5.41, 5.74) is -0.388. The molecule has 1 aromatic rings. The van der Waals surface area contributed by atoms with Gasteiger partial charge in [0.2, 0.25) is 5.82 Å². The van der Waals surface area contributed by atoms with Crippen LogP contribution in [0.25, 0.3) is 0 Å². The first-order valence-corrected chi connectivity index (χ1v) is 5.67. The lowest BCUT2D eigenvalue weighted by Crippen LogP contribution is -2.46. The SMILES string of the molecule is COc1ncnc(N2CCOC(C(=O)O)C2)c1[N+](=O)[O-]. The topological polar surface area (TPSA) is 128 Å². The highest BCUT2D eigenvalue weighted by molar-refractivity contribution is 5.74. The van der Waals surface area contributed by atoms with E-state index < -0.39 is 17.0 Å². The Kier molecular flexibility index (Phi) is 3.94. The van der Waals surface area contributed by atoms with Crippen LogP contribution in [-0.4, -0.2) is 58.9 Å². The van der Waals surface area contributed by atoms with Crippen LogP contribution in [0.5, 0.6) is 5.88 Å². The third kappa shape index (κ3) is 2.59. The van der Waals surface area contributed by atoms with E-state index >= 15 is 0 Å². The summed E-state index contributed by atoms with van der Waals surface area (Å²) in [4.78, 5) is 30.4. The third-order valence-electron chi connectivity index (χ3n) is 2.79. The molecule has 2 rings (SSSR count). The molecule has 1 unspecified atom stereocenters. The molecule has 108 valence electrons. The number of methoxy groups -OCH3 is 1. The molecule has 1 aromatic heterocycles. The van der Waals surface area contributed by atoms with Crippen molar-refractivity contribution in [3.8, 4) is 5.88 Å². The van der Waals surface area contributed by atoms with Crippen LogP contribution >= 0.6 is 0 Å². The molecule has 0 aromatic carbocycles. The Morgan fingerprint density at radius 1 is 1.65 bits per heavy atom. The van der Waals surface area contributed by atoms with E-state index in [-0.39, 0.29) is 30.5 Å². The lowest BCUT2D eigenvalue weighted by Gasteiger charge is -2.31.